The lowest BCUT2D eigenvalue weighted by molar-refractivity contribution is -0.144. The minimum atomic E-state index is -0.881. The first-order valence-electron chi connectivity index (χ1n) is 6.86. The number of H-pyrrole nitrogens is 1. The van der Waals surface area contributed by atoms with Crippen molar-refractivity contribution in [2.75, 3.05) is 5.75 Å². The molecule has 3 N–H and O–H groups in total. The highest BCUT2D eigenvalue weighted by molar-refractivity contribution is 7.99. The summed E-state index contributed by atoms with van der Waals surface area (Å²) in [7, 11) is 0. The molecule has 8 heteroatoms. The highest BCUT2D eigenvalue weighted by Gasteiger charge is 2.38. The molecule has 0 aliphatic heterocycles. The Morgan fingerprint density at radius 2 is 2.33 bits per heavy atom. The number of imidazole rings is 1. The van der Waals surface area contributed by atoms with Crippen molar-refractivity contribution in [2.45, 2.75) is 42.8 Å². The second kappa shape index (κ2) is 5.61. The third kappa shape index (κ3) is 3.16. The first-order chi connectivity index (χ1) is 10.1. The Labute approximate surface area is 126 Å². The van der Waals surface area contributed by atoms with Crippen LogP contribution in [0.25, 0.3) is 11.2 Å². The highest BCUT2D eigenvalue weighted by Crippen LogP contribution is 2.28. The summed E-state index contributed by atoms with van der Waals surface area (Å²) in [5.74, 6) is -0.141. The smallest absolute Gasteiger partial charge is 0.323 e. The van der Waals surface area contributed by atoms with Crippen LogP contribution in [0.1, 0.15) is 26.2 Å². The predicted octanol–water partition coefficient (Wildman–Crippen LogP) is 1.43. The van der Waals surface area contributed by atoms with E-state index < -0.39 is 11.5 Å². The zero-order valence-corrected chi connectivity index (χ0v) is 12.5. The zero-order chi connectivity index (χ0) is 14.9. The normalized spacial score (nSPS) is 17.8. The summed E-state index contributed by atoms with van der Waals surface area (Å²) in [5.41, 5.74) is 0.549. The summed E-state index contributed by atoms with van der Waals surface area (Å²) in [5, 5.41) is 13.5. The third-order valence-corrected chi connectivity index (χ3v) is 4.59. The number of aromatic amines is 1. The van der Waals surface area contributed by atoms with Gasteiger partial charge < -0.3 is 10.1 Å². The molecule has 1 aliphatic carbocycles. The lowest BCUT2D eigenvalue weighted by atomic mass is 9.99. The molecule has 7 nitrogen and oxygen atoms in total. The number of hydrogen-bond acceptors (Lipinski definition) is 6. The van der Waals surface area contributed by atoms with Gasteiger partial charge in [0.25, 0.3) is 0 Å². The van der Waals surface area contributed by atoms with Crippen LogP contribution in [0, 0.1) is 0 Å². The van der Waals surface area contributed by atoms with Crippen molar-refractivity contribution in [3.05, 3.63) is 12.7 Å². The second-order valence-electron chi connectivity index (χ2n) is 5.43. The Balaban J connectivity index is 1.64. The highest BCUT2D eigenvalue weighted by atomic mass is 32.2. The van der Waals surface area contributed by atoms with Crippen molar-refractivity contribution < 1.29 is 9.90 Å². The average molecular weight is 307 g/mol. The maximum atomic E-state index is 11.5. The fraction of sp³-hybridized carbons (Fsp3) is 0.538. The van der Waals surface area contributed by atoms with E-state index >= 15 is 0 Å². The molecule has 1 fully saturated rings. The van der Waals surface area contributed by atoms with E-state index in [1.807, 2.05) is 0 Å². The minimum Gasteiger partial charge on any atom is -0.480 e. The molecule has 112 valence electrons. The second-order valence-corrected chi connectivity index (χ2v) is 6.52. The average Bonchev–Trinajstić information content (AvgIpc) is 3.12. The molecule has 2 aromatic rings. The largest absolute Gasteiger partial charge is 0.480 e. The topological polar surface area (TPSA) is 104 Å². The fourth-order valence-electron chi connectivity index (χ4n) is 2.12. The summed E-state index contributed by atoms with van der Waals surface area (Å²) in [6.45, 7) is 1.75. The SMILES string of the molecule is CC(CCSc1ncnc2nc[nH]c12)(NC1CC1)C(=O)O. The number of fused-ring (bicyclic) bond motifs is 1. The van der Waals surface area contributed by atoms with Gasteiger partial charge in [0, 0.05) is 11.8 Å². The van der Waals surface area contributed by atoms with E-state index in [0.717, 1.165) is 23.4 Å². The summed E-state index contributed by atoms with van der Waals surface area (Å²) in [4.78, 5) is 26.9. The van der Waals surface area contributed by atoms with Crippen LogP contribution in [0.5, 0.6) is 0 Å². The van der Waals surface area contributed by atoms with Gasteiger partial charge in [0.05, 0.1) is 6.33 Å². The number of rotatable bonds is 7. The number of carboxylic acids is 1. The van der Waals surface area contributed by atoms with E-state index in [1.165, 1.54) is 18.1 Å². The summed E-state index contributed by atoms with van der Waals surface area (Å²) >= 11 is 1.52. The maximum absolute atomic E-state index is 11.5. The van der Waals surface area contributed by atoms with Crippen LogP contribution in [0.15, 0.2) is 17.7 Å². The van der Waals surface area contributed by atoms with Gasteiger partial charge in [-0.05, 0) is 26.2 Å². The molecule has 1 unspecified atom stereocenters. The van der Waals surface area contributed by atoms with E-state index in [0.29, 0.717) is 23.9 Å². The number of nitrogens with zero attached hydrogens (tertiary/aromatic N) is 3. The Bertz CT molecular complexity index is 657. The van der Waals surface area contributed by atoms with Crippen LogP contribution < -0.4 is 5.32 Å². The number of hydrogen-bond donors (Lipinski definition) is 3. The van der Waals surface area contributed by atoms with Crippen molar-refractivity contribution in [3.8, 4) is 0 Å². The van der Waals surface area contributed by atoms with Gasteiger partial charge in [-0.3, -0.25) is 10.1 Å². The molecule has 0 bridgehead atoms. The Kier molecular flexibility index (Phi) is 3.81. The molecule has 0 spiro atoms. The molecule has 1 atom stereocenters. The van der Waals surface area contributed by atoms with Crippen molar-refractivity contribution in [3.63, 3.8) is 0 Å². The van der Waals surface area contributed by atoms with Gasteiger partial charge in [-0.25, -0.2) is 15.0 Å². The lowest BCUT2D eigenvalue weighted by Gasteiger charge is -2.26. The van der Waals surface area contributed by atoms with E-state index in [2.05, 4.69) is 25.3 Å². The molecule has 1 aliphatic rings. The van der Waals surface area contributed by atoms with Gasteiger partial charge in [-0.15, -0.1) is 11.8 Å². The molecule has 0 amide bonds. The first kappa shape index (κ1) is 14.3. The number of carbonyl (C=O) groups is 1. The Morgan fingerprint density at radius 1 is 1.52 bits per heavy atom. The number of nitrogens with one attached hydrogen (secondary N) is 2. The summed E-state index contributed by atoms with van der Waals surface area (Å²) < 4.78 is 0. The van der Waals surface area contributed by atoms with Crippen molar-refractivity contribution in [1.82, 2.24) is 25.3 Å². The monoisotopic (exact) mass is 307 g/mol. The van der Waals surface area contributed by atoms with Crippen LogP contribution in [-0.4, -0.2) is 48.3 Å². The number of carboxylic acid groups (broad SMARTS) is 1. The van der Waals surface area contributed by atoms with E-state index in [9.17, 15) is 9.90 Å². The van der Waals surface area contributed by atoms with Crippen LogP contribution in [0.3, 0.4) is 0 Å². The number of aromatic nitrogens is 4. The standard InChI is InChI=1S/C13H17N5O2S/c1-13(12(19)20,18-8-2-3-8)4-5-21-11-9-10(15-6-14-9)16-7-17-11/h6-8,18H,2-5H2,1H3,(H,19,20)(H,14,15,16,17). The van der Waals surface area contributed by atoms with Crippen molar-refractivity contribution in [2.24, 2.45) is 0 Å². The Hall–Kier alpha value is -1.67. The van der Waals surface area contributed by atoms with E-state index in [-0.39, 0.29) is 0 Å². The van der Waals surface area contributed by atoms with Gasteiger partial charge >= 0.3 is 5.97 Å². The molecular weight excluding hydrogens is 290 g/mol. The van der Waals surface area contributed by atoms with E-state index in [4.69, 9.17) is 0 Å². The molecular formula is C13H17N5O2S. The Morgan fingerprint density at radius 3 is 3.05 bits per heavy atom. The maximum Gasteiger partial charge on any atom is 0.323 e. The van der Waals surface area contributed by atoms with Gasteiger partial charge in [-0.1, -0.05) is 0 Å². The molecule has 2 heterocycles. The van der Waals surface area contributed by atoms with Crippen molar-refractivity contribution in [1.29, 1.82) is 0 Å². The molecule has 2 aromatic heterocycles. The summed E-state index contributed by atoms with van der Waals surface area (Å²) in [6.07, 6.45) is 5.72. The van der Waals surface area contributed by atoms with Gasteiger partial charge in [0.2, 0.25) is 0 Å². The molecule has 1 saturated carbocycles. The fourth-order valence-corrected chi connectivity index (χ4v) is 3.24. The van der Waals surface area contributed by atoms with Gasteiger partial charge in [0.1, 0.15) is 22.4 Å². The first-order valence-corrected chi connectivity index (χ1v) is 7.85. The molecule has 3 rings (SSSR count). The molecule has 21 heavy (non-hydrogen) atoms. The van der Waals surface area contributed by atoms with Gasteiger partial charge in [0.15, 0.2) is 5.65 Å². The molecule has 0 radical (unpaired) electrons. The van der Waals surface area contributed by atoms with Crippen LogP contribution >= 0.6 is 11.8 Å². The van der Waals surface area contributed by atoms with Crippen LogP contribution in [0.2, 0.25) is 0 Å². The number of thioether (sulfide) groups is 1. The molecule has 0 saturated heterocycles. The lowest BCUT2D eigenvalue weighted by Crippen LogP contribution is -2.50. The van der Waals surface area contributed by atoms with Gasteiger partial charge in [-0.2, -0.15) is 0 Å². The van der Waals surface area contributed by atoms with E-state index in [1.54, 1.807) is 13.3 Å². The quantitative estimate of drug-likeness (QED) is 0.525. The number of aliphatic carboxylic acids is 1. The van der Waals surface area contributed by atoms with Crippen molar-refractivity contribution >= 4 is 28.9 Å². The summed E-state index contributed by atoms with van der Waals surface area (Å²) in [6, 6.07) is 0.356. The molecule has 0 aromatic carbocycles. The zero-order valence-electron chi connectivity index (χ0n) is 11.7. The third-order valence-electron chi connectivity index (χ3n) is 3.60. The van der Waals surface area contributed by atoms with Crippen LogP contribution in [-0.2, 0) is 4.79 Å². The predicted molar refractivity (Wildman–Crippen MR) is 79.2 cm³/mol. The van der Waals surface area contributed by atoms with Crippen LogP contribution in [0.4, 0.5) is 0 Å². The minimum absolute atomic E-state index is 0.356.